The molecule has 2 heteroatoms. The summed E-state index contributed by atoms with van der Waals surface area (Å²) in [6.45, 7) is 2.06. The Morgan fingerprint density at radius 3 is 2.57 bits per heavy atom. The molecule has 0 amide bonds. The smallest absolute Gasteiger partial charge is 0.0666 e. The molecule has 0 atom stereocenters. The SMILES string of the molecule is CC1=C(CO)CC(c2ccccc2)=N1. The van der Waals surface area contributed by atoms with Gasteiger partial charge >= 0.3 is 0 Å². The number of rotatable bonds is 2. The van der Waals surface area contributed by atoms with Crippen LogP contribution in [0.25, 0.3) is 0 Å². The highest BCUT2D eigenvalue weighted by atomic mass is 16.3. The molecule has 1 aromatic rings. The second kappa shape index (κ2) is 3.76. The largest absolute Gasteiger partial charge is 0.392 e. The number of aliphatic imine (C=N–C) groups is 1. The summed E-state index contributed by atoms with van der Waals surface area (Å²) in [6.07, 6.45) is 0.784. The fourth-order valence-corrected chi connectivity index (χ4v) is 1.62. The summed E-state index contributed by atoms with van der Waals surface area (Å²) in [7, 11) is 0. The minimum absolute atomic E-state index is 0.117. The van der Waals surface area contributed by atoms with Gasteiger partial charge in [0.25, 0.3) is 0 Å². The minimum atomic E-state index is 0.117. The standard InChI is InChI=1S/C12H13NO/c1-9-11(8-14)7-12(13-9)10-5-3-2-4-6-10/h2-6,14H,7-8H2,1H3. The van der Waals surface area contributed by atoms with Gasteiger partial charge in [0, 0.05) is 12.1 Å². The van der Waals surface area contributed by atoms with Crippen LogP contribution in [0.5, 0.6) is 0 Å². The molecular weight excluding hydrogens is 174 g/mol. The number of aliphatic hydroxyl groups is 1. The van der Waals surface area contributed by atoms with Crippen molar-refractivity contribution in [1.82, 2.24) is 0 Å². The van der Waals surface area contributed by atoms with E-state index in [1.54, 1.807) is 0 Å². The van der Waals surface area contributed by atoms with Gasteiger partial charge in [-0.05, 0) is 18.1 Å². The van der Waals surface area contributed by atoms with E-state index < -0.39 is 0 Å². The Labute approximate surface area is 83.6 Å². The van der Waals surface area contributed by atoms with Crippen LogP contribution in [0.1, 0.15) is 18.9 Å². The zero-order valence-corrected chi connectivity index (χ0v) is 8.20. The lowest BCUT2D eigenvalue weighted by Crippen LogP contribution is -1.99. The molecule has 14 heavy (non-hydrogen) atoms. The van der Waals surface area contributed by atoms with Gasteiger partial charge in [0.1, 0.15) is 0 Å². The van der Waals surface area contributed by atoms with Crippen molar-refractivity contribution in [2.75, 3.05) is 6.61 Å². The van der Waals surface area contributed by atoms with E-state index in [0.29, 0.717) is 0 Å². The second-order valence-corrected chi connectivity index (χ2v) is 3.45. The number of allylic oxidation sites excluding steroid dienone is 1. The molecule has 0 saturated heterocycles. The van der Waals surface area contributed by atoms with E-state index >= 15 is 0 Å². The zero-order valence-electron chi connectivity index (χ0n) is 8.20. The van der Waals surface area contributed by atoms with Gasteiger partial charge in [-0.15, -0.1) is 0 Å². The predicted molar refractivity (Wildman–Crippen MR) is 57.4 cm³/mol. The molecule has 1 aliphatic heterocycles. The zero-order chi connectivity index (χ0) is 9.97. The van der Waals surface area contributed by atoms with Crippen LogP contribution in [-0.2, 0) is 0 Å². The van der Waals surface area contributed by atoms with Crippen molar-refractivity contribution in [1.29, 1.82) is 0 Å². The van der Waals surface area contributed by atoms with Crippen LogP contribution in [-0.4, -0.2) is 17.4 Å². The highest BCUT2D eigenvalue weighted by Crippen LogP contribution is 2.22. The first-order valence-electron chi connectivity index (χ1n) is 4.73. The van der Waals surface area contributed by atoms with E-state index in [1.165, 1.54) is 0 Å². The topological polar surface area (TPSA) is 32.6 Å². The van der Waals surface area contributed by atoms with Gasteiger partial charge in [0.05, 0.1) is 12.3 Å². The minimum Gasteiger partial charge on any atom is -0.392 e. The van der Waals surface area contributed by atoms with Crippen LogP contribution in [0.3, 0.4) is 0 Å². The molecule has 0 radical (unpaired) electrons. The van der Waals surface area contributed by atoms with Gasteiger partial charge in [0.2, 0.25) is 0 Å². The molecule has 2 rings (SSSR count). The Hall–Kier alpha value is -1.41. The Balaban J connectivity index is 2.24. The normalized spacial score (nSPS) is 16.0. The molecule has 0 aromatic heterocycles. The van der Waals surface area contributed by atoms with Crippen LogP contribution in [0.2, 0.25) is 0 Å². The van der Waals surface area contributed by atoms with Crippen molar-refractivity contribution < 1.29 is 5.11 Å². The Morgan fingerprint density at radius 2 is 2.00 bits per heavy atom. The second-order valence-electron chi connectivity index (χ2n) is 3.45. The molecule has 0 saturated carbocycles. The average molecular weight is 187 g/mol. The summed E-state index contributed by atoms with van der Waals surface area (Å²) in [5.74, 6) is 0. The van der Waals surface area contributed by atoms with Gasteiger partial charge in [-0.2, -0.15) is 0 Å². The van der Waals surface area contributed by atoms with Crippen LogP contribution in [0.4, 0.5) is 0 Å². The Kier molecular flexibility index (Phi) is 2.46. The monoisotopic (exact) mass is 187 g/mol. The van der Waals surface area contributed by atoms with Crippen molar-refractivity contribution in [3.63, 3.8) is 0 Å². The van der Waals surface area contributed by atoms with Crippen molar-refractivity contribution in [3.8, 4) is 0 Å². The summed E-state index contributed by atoms with van der Waals surface area (Å²) < 4.78 is 0. The fraction of sp³-hybridized carbons (Fsp3) is 0.250. The maximum absolute atomic E-state index is 9.07. The number of benzene rings is 1. The third kappa shape index (κ3) is 1.61. The van der Waals surface area contributed by atoms with Crippen molar-refractivity contribution in [2.45, 2.75) is 13.3 Å². The number of hydrogen-bond acceptors (Lipinski definition) is 2. The van der Waals surface area contributed by atoms with Gasteiger partial charge in [-0.25, -0.2) is 0 Å². The van der Waals surface area contributed by atoms with Gasteiger partial charge in [-0.3, -0.25) is 4.99 Å². The number of aliphatic hydroxyl groups excluding tert-OH is 1. The van der Waals surface area contributed by atoms with Crippen molar-refractivity contribution >= 4 is 5.71 Å². The first-order valence-corrected chi connectivity index (χ1v) is 4.73. The van der Waals surface area contributed by atoms with Crippen molar-refractivity contribution in [3.05, 3.63) is 47.2 Å². The third-order valence-corrected chi connectivity index (χ3v) is 2.49. The Morgan fingerprint density at radius 1 is 1.29 bits per heavy atom. The number of hydrogen-bond donors (Lipinski definition) is 1. The van der Waals surface area contributed by atoms with Gasteiger partial charge in [0.15, 0.2) is 0 Å². The van der Waals surface area contributed by atoms with E-state index in [0.717, 1.165) is 29.0 Å². The summed E-state index contributed by atoms with van der Waals surface area (Å²) in [5, 5.41) is 9.07. The average Bonchev–Trinajstić information content (AvgIpc) is 2.61. The first-order chi connectivity index (χ1) is 6.81. The molecule has 72 valence electrons. The predicted octanol–water partition coefficient (Wildman–Crippen LogP) is 2.15. The maximum Gasteiger partial charge on any atom is 0.0666 e. The van der Waals surface area contributed by atoms with E-state index in [1.807, 2.05) is 37.3 Å². The van der Waals surface area contributed by atoms with Crippen LogP contribution in [0.15, 0.2) is 46.6 Å². The molecular formula is C12H13NO. The lowest BCUT2D eigenvalue weighted by molar-refractivity contribution is 0.329. The molecule has 0 unspecified atom stereocenters. The summed E-state index contributed by atoms with van der Waals surface area (Å²) >= 11 is 0. The third-order valence-electron chi connectivity index (χ3n) is 2.49. The summed E-state index contributed by atoms with van der Waals surface area (Å²) in [6, 6.07) is 10.1. The Bertz CT molecular complexity index is 390. The molecule has 0 aliphatic carbocycles. The van der Waals surface area contributed by atoms with Crippen LogP contribution < -0.4 is 0 Å². The van der Waals surface area contributed by atoms with Crippen LogP contribution in [0, 0.1) is 0 Å². The summed E-state index contributed by atoms with van der Waals surface area (Å²) in [4.78, 5) is 4.45. The number of nitrogens with zero attached hydrogens (tertiary/aromatic N) is 1. The quantitative estimate of drug-likeness (QED) is 0.756. The molecule has 0 fully saturated rings. The molecule has 0 bridgehead atoms. The highest BCUT2D eigenvalue weighted by Gasteiger charge is 2.14. The summed E-state index contributed by atoms with van der Waals surface area (Å²) in [5.41, 5.74) is 4.21. The van der Waals surface area contributed by atoms with Crippen LogP contribution >= 0.6 is 0 Å². The molecule has 1 aromatic carbocycles. The molecule has 0 spiro atoms. The van der Waals surface area contributed by atoms with E-state index in [-0.39, 0.29) is 6.61 Å². The fourth-order valence-electron chi connectivity index (χ4n) is 1.62. The van der Waals surface area contributed by atoms with Gasteiger partial charge < -0.3 is 5.11 Å². The van der Waals surface area contributed by atoms with E-state index in [4.69, 9.17) is 5.11 Å². The lowest BCUT2D eigenvalue weighted by atomic mass is 10.0. The highest BCUT2D eigenvalue weighted by molar-refractivity contribution is 6.04. The van der Waals surface area contributed by atoms with E-state index in [9.17, 15) is 0 Å². The van der Waals surface area contributed by atoms with Gasteiger partial charge in [-0.1, -0.05) is 30.3 Å². The van der Waals surface area contributed by atoms with E-state index in [2.05, 4.69) is 4.99 Å². The molecule has 1 aliphatic rings. The first kappa shape index (κ1) is 9.16. The molecule has 1 heterocycles. The molecule has 2 nitrogen and oxygen atoms in total. The van der Waals surface area contributed by atoms with Crippen molar-refractivity contribution in [2.24, 2.45) is 4.99 Å². The maximum atomic E-state index is 9.07. The molecule has 1 N–H and O–H groups in total. The lowest BCUT2D eigenvalue weighted by Gasteiger charge is -2.00.